The average molecular weight is 304 g/mol. The summed E-state index contributed by atoms with van der Waals surface area (Å²) >= 11 is 0. The standard InChI is InChI=1S/C19H20N4/c1-2-16-12-21-10-6-18(16)19(3-1)22-17-7-11-23(14-17)13-15-4-8-20-9-5-15/h1-6,8-10,12,17,22H,7,11,13-14H2. The number of likely N-dealkylation sites (tertiary alicyclic amines) is 1. The minimum absolute atomic E-state index is 0.496. The summed E-state index contributed by atoms with van der Waals surface area (Å²) in [5, 5.41) is 6.15. The zero-order chi connectivity index (χ0) is 15.5. The Morgan fingerprint density at radius 2 is 1.91 bits per heavy atom. The van der Waals surface area contributed by atoms with Crippen LogP contribution in [0.2, 0.25) is 0 Å². The van der Waals surface area contributed by atoms with Gasteiger partial charge in [0.1, 0.15) is 0 Å². The third-order valence-corrected chi connectivity index (χ3v) is 4.47. The molecular formula is C19H20N4. The van der Waals surface area contributed by atoms with Gasteiger partial charge in [-0.25, -0.2) is 0 Å². The van der Waals surface area contributed by atoms with Gasteiger partial charge >= 0.3 is 0 Å². The number of nitrogens with one attached hydrogen (secondary N) is 1. The number of hydrogen-bond donors (Lipinski definition) is 1. The number of rotatable bonds is 4. The maximum Gasteiger partial charge on any atom is 0.0423 e. The molecule has 0 radical (unpaired) electrons. The van der Waals surface area contributed by atoms with Gasteiger partial charge in [-0.1, -0.05) is 12.1 Å². The first-order valence-corrected chi connectivity index (χ1v) is 8.09. The van der Waals surface area contributed by atoms with Crippen LogP contribution in [0.15, 0.2) is 61.2 Å². The Morgan fingerprint density at radius 3 is 2.83 bits per heavy atom. The Bertz CT molecular complexity index is 782. The predicted molar refractivity (Wildman–Crippen MR) is 93.3 cm³/mol. The molecule has 0 amide bonds. The van der Waals surface area contributed by atoms with E-state index in [2.05, 4.69) is 56.6 Å². The van der Waals surface area contributed by atoms with Crippen LogP contribution in [-0.4, -0.2) is 34.0 Å². The Morgan fingerprint density at radius 1 is 1.04 bits per heavy atom. The summed E-state index contributed by atoms with van der Waals surface area (Å²) < 4.78 is 0. The van der Waals surface area contributed by atoms with Crippen molar-refractivity contribution >= 4 is 16.5 Å². The third kappa shape index (κ3) is 3.17. The first-order chi connectivity index (χ1) is 11.4. The number of aromatic nitrogens is 2. The summed E-state index contributed by atoms with van der Waals surface area (Å²) in [7, 11) is 0. The monoisotopic (exact) mass is 304 g/mol. The highest BCUT2D eigenvalue weighted by Gasteiger charge is 2.22. The van der Waals surface area contributed by atoms with Crippen LogP contribution in [0.25, 0.3) is 10.8 Å². The van der Waals surface area contributed by atoms with E-state index in [4.69, 9.17) is 0 Å². The summed E-state index contributed by atoms with van der Waals surface area (Å²) in [6, 6.07) is 13.1. The molecule has 3 aromatic rings. The van der Waals surface area contributed by atoms with Crippen LogP contribution in [0.4, 0.5) is 5.69 Å². The van der Waals surface area contributed by atoms with Gasteiger partial charge in [0, 0.05) is 66.9 Å². The molecule has 116 valence electrons. The molecule has 1 N–H and O–H groups in total. The molecule has 4 rings (SSSR count). The van der Waals surface area contributed by atoms with Crippen molar-refractivity contribution < 1.29 is 0 Å². The second-order valence-corrected chi connectivity index (χ2v) is 6.12. The Hall–Kier alpha value is -2.46. The lowest BCUT2D eigenvalue weighted by Crippen LogP contribution is -2.26. The van der Waals surface area contributed by atoms with Gasteiger partial charge < -0.3 is 5.32 Å². The number of nitrogens with zero attached hydrogens (tertiary/aromatic N) is 3. The first kappa shape index (κ1) is 14.2. The van der Waals surface area contributed by atoms with Crippen molar-refractivity contribution in [1.29, 1.82) is 0 Å². The van der Waals surface area contributed by atoms with E-state index in [0.717, 1.165) is 19.6 Å². The largest absolute Gasteiger partial charge is 0.380 e. The van der Waals surface area contributed by atoms with E-state index < -0.39 is 0 Å². The Labute approximate surface area is 136 Å². The molecule has 0 spiro atoms. The number of hydrogen-bond acceptors (Lipinski definition) is 4. The summed E-state index contributed by atoms with van der Waals surface area (Å²) in [4.78, 5) is 10.8. The van der Waals surface area contributed by atoms with Crippen LogP contribution in [0, 0.1) is 0 Å². The minimum Gasteiger partial charge on any atom is -0.380 e. The maximum atomic E-state index is 4.20. The molecule has 3 heterocycles. The van der Waals surface area contributed by atoms with Gasteiger partial charge in [0.15, 0.2) is 0 Å². The lowest BCUT2D eigenvalue weighted by Gasteiger charge is -2.18. The van der Waals surface area contributed by atoms with E-state index in [1.165, 1.54) is 28.4 Å². The fourth-order valence-corrected chi connectivity index (χ4v) is 3.31. The minimum atomic E-state index is 0.496. The molecular weight excluding hydrogens is 284 g/mol. The van der Waals surface area contributed by atoms with Crippen LogP contribution in [0.1, 0.15) is 12.0 Å². The first-order valence-electron chi connectivity index (χ1n) is 8.09. The van der Waals surface area contributed by atoms with Crippen LogP contribution in [-0.2, 0) is 6.54 Å². The molecule has 0 aliphatic carbocycles. The number of anilines is 1. The smallest absolute Gasteiger partial charge is 0.0423 e. The molecule has 1 unspecified atom stereocenters. The molecule has 1 aromatic carbocycles. The highest BCUT2D eigenvalue weighted by molar-refractivity contribution is 5.93. The molecule has 4 heteroatoms. The molecule has 1 saturated heterocycles. The summed E-state index contributed by atoms with van der Waals surface area (Å²) in [6.07, 6.45) is 8.69. The van der Waals surface area contributed by atoms with E-state index in [-0.39, 0.29) is 0 Å². The van der Waals surface area contributed by atoms with E-state index in [9.17, 15) is 0 Å². The highest BCUT2D eigenvalue weighted by atomic mass is 15.2. The van der Waals surface area contributed by atoms with E-state index in [0.29, 0.717) is 6.04 Å². The van der Waals surface area contributed by atoms with Crippen LogP contribution in [0.5, 0.6) is 0 Å². The van der Waals surface area contributed by atoms with E-state index in [1.54, 1.807) is 0 Å². The zero-order valence-corrected chi connectivity index (χ0v) is 13.0. The molecule has 1 atom stereocenters. The van der Waals surface area contributed by atoms with Gasteiger partial charge in [0.25, 0.3) is 0 Å². The number of pyridine rings is 2. The second-order valence-electron chi connectivity index (χ2n) is 6.12. The quantitative estimate of drug-likeness (QED) is 0.803. The molecule has 2 aromatic heterocycles. The predicted octanol–water partition coefficient (Wildman–Crippen LogP) is 3.32. The fraction of sp³-hybridized carbons (Fsp3) is 0.263. The summed E-state index contributed by atoms with van der Waals surface area (Å²) in [5.74, 6) is 0. The second kappa shape index (κ2) is 6.34. The van der Waals surface area contributed by atoms with Crippen LogP contribution < -0.4 is 5.32 Å². The van der Waals surface area contributed by atoms with Crippen LogP contribution in [0.3, 0.4) is 0 Å². The topological polar surface area (TPSA) is 41.0 Å². The maximum absolute atomic E-state index is 4.20. The van der Waals surface area contributed by atoms with E-state index in [1.807, 2.05) is 24.8 Å². The fourth-order valence-electron chi connectivity index (χ4n) is 3.31. The normalized spacial score (nSPS) is 18.3. The lowest BCUT2D eigenvalue weighted by molar-refractivity contribution is 0.328. The molecule has 1 fully saturated rings. The summed E-state index contributed by atoms with van der Waals surface area (Å²) in [6.45, 7) is 3.20. The number of benzene rings is 1. The third-order valence-electron chi connectivity index (χ3n) is 4.47. The molecule has 4 nitrogen and oxygen atoms in total. The van der Waals surface area contributed by atoms with Gasteiger partial charge in [0.05, 0.1) is 0 Å². The molecule has 1 aliphatic heterocycles. The highest BCUT2D eigenvalue weighted by Crippen LogP contribution is 2.25. The van der Waals surface area contributed by atoms with Crippen molar-refractivity contribution in [1.82, 2.24) is 14.9 Å². The molecule has 23 heavy (non-hydrogen) atoms. The van der Waals surface area contributed by atoms with Crippen molar-refractivity contribution in [3.63, 3.8) is 0 Å². The molecule has 1 aliphatic rings. The Balaban J connectivity index is 1.44. The van der Waals surface area contributed by atoms with Gasteiger partial charge in [0.2, 0.25) is 0 Å². The number of fused-ring (bicyclic) bond motifs is 1. The zero-order valence-electron chi connectivity index (χ0n) is 13.0. The summed E-state index contributed by atoms with van der Waals surface area (Å²) in [5.41, 5.74) is 2.54. The van der Waals surface area contributed by atoms with Crippen molar-refractivity contribution in [2.24, 2.45) is 0 Å². The Kier molecular flexibility index (Phi) is 3.90. The molecule has 0 bridgehead atoms. The molecule has 0 saturated carbocycles. The van der Waals surface area contributed by atoms with Gasteiger partial charge in [-0.05, 0) is 36.2 Å². The van der Waals surface area contributed by atoms with Gasteiger partial charge in [-0.3, -0.25) is 14.9 Å². The van der Waals surface area contributed by atoms with Gasteiger partial charge in [-0.15, -0.1) is 0 Å². The van der Waals surface area contributed by atoms with E-state index >= 15 is 0 Å². The van der Waals surface area contributed by atoms with Crippen molar-refractivity contribution in [3.05, 3.63) is 66.7 Å². The van der Waals surface area contributed by atoms with Gasteiger partial charge in [-0.2, -0.15) is 0 Å². The van der Waals surface area contributed by atoms with Crippen LogP contribution >= 0.6 is 0 Å². The lowest BCUT2D eigenvalue weighted by atomic mass is 10.1. The van der Waals surface area contributed by atoms with Crippen molar-refractivity contribution in [3.8, 4) is 0 Å². The average Bonchev–Trinajstić information content (AvgIpc) is 3.03. The van der Waals surface area contributed by atoms with Crippen molar-refractivity contribution in [2.75, 3.05) is 18.4 Å². The SMILES string of the molecule is c1cc(NC2CCN(Cc3ccncc3)C2)c2ccncc2c1. The van der Waals surface area contributed by atoms with Crippen molar-refractivity contribution in [2.45, 2.75) is 19.0 Å².